The smallest absolute Gasteiger partial charge is 0.137 e. The van der Waals surface area contributed by atoms with Crippen LogP contribution < -0.4 is 5.32 Å². The van der Waals surface area contributed by atoms with Gasteiger partial charge in [0.25, 0.3) is 0 Å². The number of halogens is 1. The van der Waals surface area contributed by atoms with Crippen molar-refractivity contribution in [1.82, 2.24) is 9.97 Å². The fourth-order valence-corrected chi connectivity index (χ4v) is 2.36. The minimum Gasteiger partial charge on any atom is -0.363 e. The van der Waals surface area contributed by atoms with Crippen LogP contribution in [0.5, 0.6) is 0 Å². The van der Waals surface area contributed by atoms with E-state index in [0.29, 0.717) is 6.42 Å². The van der Waals surface area contributed by atoms with E-state index in [0.717, 1.165) is 22.3 Å². The van der Waals surface area contributed by atoms with Gasteiger partial charge in [-0.2, -0.15) is 0 Å². The van der Waals surface area contributed by atoms with E-state index in [1.807, 2.05) is 30.3 Å². The van der Waals surface area contributed by atoms with Crippen molar-refractivity contribution in [2.24, 2.45) is 0 Å². The van der Waals surface area contributed by atoms with Gasteiger partial charge in [-0.3, -0.25) is 0 Å². The van der Waals surface area contributed by atoms with Crippen LogP contribution in [0.2, 0.25) is 0 Å². The van der Waals surface area contributed by atoms with Gasteiger partial charge in [-0.05, 0) is 36.2 Å². The lowest BCUT2D eigenvalue weighted by Crippen LogP contribution is -2.20. The number of fused-ring (bicyclic) bond motifs is 1. The maximum absolute atomic E-state index is 13.0. The Labute approximate surface area is 128 Å². The third-order valence-corrected chi connectivity index (χ3v) is 3.52. The summed E-state index contributed by atoms with van der Waals surface area (Å²) >= 11 is 0. The average Bonchev–Trinajstić information content (AvgIpc) is 2.56. The minimum absolute atomic E-state index is 0.00349. The highest BCUT2D eigenvalue weighted by Crippen LogP contribution is 2.20. The molecule has 3 nitrogen and oxygen atoms in total. The van der Waals surface area contributed by atoms with Crippen molar-refractivity contribution in [3.8, 4) is 0 Å². The first-order chi connectivity index (χ1) is 10.8. The normalized spacial score (nSPS) is 12.0. The van der Waals surface area contributed by atoms with Crippen molar-refractivity contribution in [2.75, 3.05) is 5.32 Å². The highest BCUT2D eigenvalue weighted by Gasteiger charge is 2.09. The van der Waals surface area contributed by atoms with Gasteiger partial charge in [0.1, 0.15) is 18.0 Å². The van der Waals surface area contributed by atoms with Gasteiger partial charge in [-0.1, -0.05) is 30.3 Å². The summed E-state index contributed by atoms with van der Waals surface area (Å²) in [4.78, 5) is 8.57. The molecule has 0 saturated heterocycles. The molecule has 0 aliphatic carbocycles. The average molecular weight is 293 g/mol. The fraction of sp³-hybridized carbons (Fsp3) is 0.111. The molecule has 0 aliphatic rings. The number of nitrogens with one attached hydrogen (secondary N) is 1. The van der Waals surface area contributed by atoms with E-state index >= 15 is 0 Å². The standard InChI is InChI=1S/C18H16FN3/c1-2-15(11-13-7-9-14(19)10-8-13)22-18-16-5-3-4-6-17(16)20-12-21-18/h2-10,12,15H,1,11H2,(H,20,21,22). The maximum atomic E-state index is 13.0. The molecule has 0 aliphatic heterocycles. The Morgan fingerprint density at radius 2 is 1.86 bits per heavy atom. The van der Waals surface area contributed by atoms with Crippen molar-refractivity contribution in [2.45, 2.75) is 12.5 Å². The Hall–Kier alpha value is -2.75. The van der Waals surface area contributed by atoms with Crippen molar-refractivity contribution in [1.29, 1.82) is 0 Å². The number of para-hydroxylation sites is 1. The summed E-state index contributed by atoms with van der Waals surface area (Å²) < 4.78 is 13.0. The molecule has 0 fully saturated rings. The van der Waals surface area contributed by atoms with E-state index < -0.39 is 0 Å². The van der Waals surface area contributed by atoms with Gasteiger partial charge in [0.15, 0.2) is 0 Å². The lowest BCUT2D eigenvalue weighted by Gasteiger charge is -2.16. The SMILES string of the molecule is C=CC(Cc1ccc(F)cc1)Nc1ncnc2ccccc12. The second-order valence-corrected chi connectivity index (χ2v) is 5.06. The van der Waals surface area contributed by atoms with Gasteiger partial charge in [-0.25, -0.2) is 14.4 Å². The molecule has 2 aromatic carbocycles. The first-order valence-corrected chi connectivity index (χ1v) is 7.09. The number of anilines is 1. The molecular weight excluding hydrogens is 277 g/mol. The first kappa shape index (κ1) is 14.2. The van der Waals surface area contributed by atoms with E-state index in [1.54, 1.807) is 18.5 Å². The summed E-state index contributed by atoms with van der Waals surface area (Å²) in [6, 6.07) is 14.3. The minimum atomic E-state index is -0.228. The molecule has 1 N–H and O–H groups in total. The maximum Gasteiger partial charge on any atom is 0.137 e. The number of aromatic nitrogens is 2. The van der Waals surface area contributed by atoms with Crippen molar-refractivity contribution >= 4 is 16.7 Å². The summed E-state index contributed by atoms with van der Waals surface area (Å²) in [7, 11) is 0. The van der Waals surface area contributed by atoms with E-state index in [4.69, 9.17) is 0 Å². The van der Waals surface area contributed by atoms with Crippen LogP contribution in [0.15, 0.2) is 67.5 Å². The molecule has 1 aromatic heterocycles. The van der Waals surface area contributed by atoms with Crippen LogP contribution in [0.25, 0.3) is 10.9 Å². The topological polar surface area (TPSA) is 37.8 Å². The summed E-state index contributed by atoms with van der Waals surface area (Å²) in [6.07, 6.45) is 4.09. The zero-order valence-corrected chi connectivity index (χ0v) is 12.0. The van der Waals surface area contributed by atoms with Crippen LogP contribution in [-0.2, 0) is 6.42 Å². The van der Waals surface area contributed by atoms with Gasteiger partial charge in [0.05, 0.1) is 5.52 Å². The van der Waals surface area contributed by atoms with E-state index in [1.165, 1.54) is 12.1 Å². The second kappa shape index (κ2) is 6.35. The molecule has 3 rings (SSSR count). The highest BCUT2D eigenvalue weighted by molar-refractivity contribution is 5.88. The van der Waals surface area contributed by atoms with Crippen molar-refractivity contribution < 1.29 is 4.39 Å². The van der Waals surface area contributed by atoms with Gasteiger partial charge in [0, 0.05) is 11.4 Å². The van der Waals surface area contributed by atoms with E-state index in [-0.39, 0.29) is 11.9 Å². The van der Waals surface area contributed by atoms with Crippen molar-refractivity contribution in [3.63, 3.8) is 0 Å². The van der Waals surface area contributed by atoms with Crippen LogP contribution in [0.1, 0.15) is 5.56 Å². The molecule has 1 atom stereocenters. The molecule has 4 heteroatoms. The number of benzene rings is 2. The van der Waals surface area contributed by atoms with Crippen LogP contribution in [-0.4, -0.2) is 16.0 Å². The molecule has 22 heavy (non-hydrogen) atoms. The molecule has 0 spiro atoms. The number of hydrogen-bond donors (Lipinski definition) is 1. The Bertz CT molecular complexity index is 778. The van der Waals surface area contributed by atoms with E-state index in [9.17, 15) is 4.39 Å². The van der Waals surface area contributed by atoms with Crippen LogP contribution in [0, 0.1) is 5.82 Å². The number of rotatable bonds is 5. The number of hydrogen-bond acceptors (Lipinski definition) is 3. The van der Waals surface area contributed by atoms with Gasteiger partial charge in [-0.15, -0.1) is 6.58 Å². The largest absolute Gasteiger partial charge is 0.363 e. The molecule has 0 amide bonds. The Morgan fingerprint density at radius 1 is 1.09 bits per heavy atom. The molecule has 1 heterocycles. The third-order valence-electron chi connectivity index (χ3n) is 3.52. The first-order valence-electron chi connectivity index (χ1n) is 7.09. The summed E-state index contributed by atoms with van der Waals surface area (Å²) in [5.74, 6) is 0.547. The van der Waals surface area contributed by atoms with Gasteiger partial charge >= 0.3 is 0 Å². The molecule has 110 valence electrons. The molecule has 0 saturated carbocycles. The summed E-state index contributed by atoms with van der Waals surface area (Å²) in [5, 5.41) is 4.34. The van der Waals surface area contributed by atoms with Crippen LogP contribution in [0.4, 0.5) is 10.2 Å². The van der Waals surface area contributed by atoms with Gasteiger partial charge in [0.2, 0.25) is 0 Å². The molecular formula is C18H16FN3. The summed E-state index contributed by atoms with van der Waals surface area (Å²) in [5.41, 5.74) is 1.93. The Balaban J connectivity index is 1.82. The predicted molar refractivity (Wildman–Crippen MR) is 87.2 cm³/mol. The lowest BCUT2D eigenvalue weighted by molar-refractivity contribution is 0.626. The molecule has 1 unspecified atom stereocenters. The molecule has 3 aromatic rings. The zero-order chi connectivity index (χ0) is 15.4. The number of nitrogens with zero attached hydrogens (tertiary/aromatic N) is 2. The van der Waals surface area contributed by atoms with Crippen molar-refractivity contribution in [3.05, 3.63) is 78.9 Å². The molecule has 0 bridgehead atoms. The lowest BCUT2D eigenvalue weighted by atomic mass is 10.1. The highest BCUT2D eigenvalue weighted by atomic mass is 19.1. The zero-order valence-electron chi connectivity index (χ0n) is 12.0. The summed E-state index contributed by atoms with van der Waals surface area (Å²) in [6.45, 7) is 3.87. The third kappa shape index (κ3) is 3.11. The fourth-order valence-electron chi connectivity index (χ4n) is 2.36. The van der Waals surface area contributed by atoms with Crippen LogP contribution in [0.3, 0.4) is 0 Å². The van der Waals surface area contributed by atoms with E-state index in [2.05, 4.69) is 21.9 Å². The second-order valence-electron chi connectivity index (χ2n) is 5.06. The predicted octanol–water partition coefficient (Wildman–Crippen LogP) is 3.98. The monoisotopic (exact) mass is 293 g/mol. The quantitative estimate of drug-likeness (QED) is 0.723. The Morgan fingerprint density at radius 3 is 2.64 bits per heavy atom. The Kier molecular flexibility index (Phi) is 4.10. The van der Waals surface area contributed by atoms with Gasteiger partial charge < -0.3 is 5.32 Å². The van der Waals surface area contributed by atoms with Crippen LogP contribution >= 0.6 is 0 Å². The molecule has 0 radical (unpaired) electrons.